The first kappa shape index (κ1) is 19.0. The van der Waals surface area contributed by atoms with Crippen molar-refractivity contribution in [3.8, 4) is 0 Å². The van der Waals surface area contributed by atoms with Crippen LogP contribution in [0.25, 0.3) is 0 Å². The van der Waals surface area contributed by atoms with Gasteiger partial charge >= 0.3 is 5.97 Å². The molecular formula is C21H24FN2O3+. The molecule has 0 radical (unpaired) electrons. The lowest BCUT2D eigenvalue weighted by Crippen LogP contribution is -3.17. The van der Waals surface area contributed by atoms with Crippen LogP contribution in [0, 0.1) is 5.82 Å². The fourth-order valence-corrected chi connectivity index (χ4v) is 3.55. The normalized spacial score (nSPS) is 18.4. The summed E-state index contributed by atoms with van der Waals surface area (Å²) >= 11 is 0. The number of carbonyl (C=O) groups excluding carboxylic acids is 2. The maximum absolute atomic E-state index is 13.6. The average Bonchev–Trinajstić information content (AvgIpc) is 2.68. The Balaban J connectivity index is 1.59. The van der Waals surface area contributed by atoms with Gasteiger partial charge in [0.15, 0.2) is 12.6 Å². The zero-order valence-corrected chi connectivity index (χ0v) is 15.3. The average molecular weight is 371 g/mol. The molecule has 2 aromatic rings. The number of halogens is 1. The zero-order chi connectivity index (χ0) is 19.2. The van der Waals surface area contributed by atoms with Crippen LogP contribution in [-0.4, -0.2) is 38.1 Å². The lowest BCUT2D eigenvalue weighted by Gasteiger charge is -2.31. The first-order valence-corrected chi connectivity index (χ1v) is 9.07. The van der Waals surface area contributed by atoms with E-state index in [9.17, 15) is 14.0 Å². The van der Waals surface area contributed by atoms with Gasteiger partial charge in [-0.25, -0.2) is 9.18 Å². The second kappa shape index (κ2) is 8.77. The Bertz CT molecular complexity index is 825. The fourth-order valence-electron chi connectivity index (χ4n) is 3.55. The van der Waals surface area contributed by atoms with Gasteiger partial charge in [-0.3, -0.25) is 4.79 Å². The molecule has 0 bridgehead atoms. The van der Waals surface area contributed by atoms with Crippen molar-refractivity contribution in [1.29, 1.82) is 0 Å². The molecule has 1 aliphatic rings. The van der Waals surface area contributed by atoms with E-state index in [0.717, 1.165) is 16.0 Å². The maximum Gasteiger partial charge on any atom is 0.365 e. The van der Waals surface area contributed by atoms with E-state index in [1.54, 1.807) is 18.2 Å². The Morgan fingerprint density at radius 2 is 1.85 bits per heavy atom. The molecule has 0 saturated heterocycles. The summed E-state index contributed by atoms with van der Waals surface area (Å²) in [6, 6.07) is 14.1. The molecule has 2 N–H and O–H groups in total. The number of amides is 1. The van der Waals surface area contributed by atoms with Gasteiger partial charge in [-0.15, -0.1) is 0 Å². The number of fused-ring (bicyclic) bond motifs is 1. The molecule has 2 aromatic carbocycles. The van der Waals surface area contributed by atoms with Crippen LogP contribution in [0.15, 0.2) is 48.5 Å². The molecule has 0 fully saturated rings. The van der Waals surface area contributed by atoms with Crippen LogP contribution < -0.4 is 10.2 Å². The van der Waals surface area contributed by atoms with E-state index < -0.39 is 6.04 Å². The Labute approximate surface area is 158 Å². The molecule has 1 amide bonds. The summed E-state index contributed by atoms with van der Waals surface area (Å²) in [4.78, 5) is 25.4. The van der Waals surface area contributed by atoms with E-state index in [2.05, 4.69) is 5.32 Å². The third kappa shape index (κ3) is 4.71. The van der Waals surface area contributed by atoms with E-state index >= 15 is 0 Å². The summed E-state index contributed by atoms with van der Waals surface area (Å²) in [6.07, 6.45) is 0.984. The summed E-state index contributed by atoms with van der Waals surface area (Å²) < 4.78 is 18.6. The van der Waals surface area contributed by atoms with E-state index in [1.807, 2.05) is 24.3 Å². The number of quaternary nitrogens is 1. The molecule has 1 unspecified atom stereocenters. The largest absolute Gasteiger partial charge is 0.465 e. The van der Waals surface area contributed by atoms with Gasteiger partial charge in [-0.05, 0) is 23.6 Å². The van der Waals surface area contributed by atoms with Gasteiger partial charge in [-0.2, -0.15) is 0 Å². The lowest BCUT2D eigenvalue weighted by molar-refractivity contribution is -0.924. The molecule has 2 atom stereocenters. The molecular weight excluding hydrogens is 347 g/mol. The van der Waals surface area contributed by atoms with E-state index in [4.69, 9.17) is 4.74 Å². The van der Waals surface area contributed by atoms with Crippen molar-refractivity contribution in [2.45, 2.75) is 25.4 Å². The van der Waals surface area contributed by atoms with Crippen molar-refractivity contribution in [3.05, 3.63) is 71.0 Å². The van der Waals surface area contributed by atoms with Crippen molar-refractivity contribution in [2.75, 3.05) is 20.2 Å². The van der Waals surface area contributed by atoms with Gasteiger partial charge in [0.25, 0.3) is 5.91 Å². The number of nitrogens with one attached hydrogen (secondary N) is 2. The highest BCUT2D eigenvalue weighted by atomic mass is 19.1. The first-order valence-electron chi connectivity index (χ1n) is 9.07. The monoisotopic (exact) mass is 371 g/mol. The third-order valence-electron chi connectivity index (χ3n) is 5.00. The highest BCUT2D eigenvalue weighted by molar-refractivity contribution is 5.78. The van der Waals surface area contributed by atoms with Gasteiger partial charge in [0.2, 0.25) is 0 Å². The number of carbonyl (C=O) groups is 2. The predicted molar refractivity (Wildman–Crippen MR) is 98.6 cm³/mol. The number of methoxy groups -OCH3 is 1. The van der Waals surface area contributed by atoms with E-state index in [1.165, 1.54) is 13.2 Å². The number of hydrogen-bond donors (Lipinski definition) is 2. The molecule has 0 saturated carbocycles. The Morgan fingerprint density at radius 3 is 2.59 bits per heavy atom. The quantitative estimate of drug-likeness (QED) is 0.734. The van der Waals surface area contributed by atoms with Gasteiger partial charge in [0.05, 0.1) is 7.11 Å². The summed E-state index contributed by atoms with van der Waals surface area (Å²) in [5.74, 6) is -0.732. The first-order chi connectivity index (χ1) is 13.1. The number of hydrogen-bond acceptors (Lipinski definition) is 3. The lowest BCUT2D eigenvalue weighted by atomic mass is 9.94. The molecule has 0 aromatic heterocycles. The molecule has 1 aliphatic heterocycles. The Kier molecular flexibility index (Phi) is 6.19. The fraction of sp³-hybridized carbons (Fsp3) is 0.333. The predicted octanol–water partition coefficient (Wildman–Crippen LogP) is 0.667. The number of ether oxygens (including phenoxy) is 1. The van der Waals surface area contributed by atoms with Crippen LogP contribution in [0.1, 0.15) is 16.7 Å². The van der Waals surface area contributed by atoms with Crippen LogP contribution in [-0.2, 0) is 33.7 Å². The molecule has 1 heterocycles. The summed E-state index contributed by atoms with van der Waals surface area (Å²) in [6.45, 7) is 1.12. The molecule has 3 rings (SSSR count). The summed E-state index contributed by atoms with van der Waals surface area (Å²) in [7, 11) is 1.37. The zero-order valence-electron chi connectivity index (χ0n) is 15.3. The smallest absolute Gasteiger partial charge is 0.365 e. The SMILES string of the molecule is COC(=O)[C@@H]1Cc2ccccc2C[NH+]1CC(=O)NCCc1ccccc1F. The van der Waals surface area contributed by atoms with E-state index in [-0.39, 0.29) is 24.2 Å². The van der Waals surface area contributed by atoms with Gasteiger partial charge in [0.1, 0.15) is 12.4 Å². The van der Waals surface area contributed by atoms with Gasteiger partial charge in [-0.1, -0.05) is 42.5 Å². The van der Waals surface area contributed by atoms with Crippen LogP contribution in [0.5, 0.6) is 0 Å². The minimum absolute atomic E-state index is 0.158. The van der Waals surface area contributed by atoms with Crippen LogP contribution in [0.4, 0.5) is 4.39 Å². The minimum Gasteiger partial charge on any atom is -0.465 e. The van der Waals surface area contributed by atoms with Crippen molar-refractivity contribution in [2.24, 2.45) is 0 Å². The highest BCUT2D eigenvalue weighted by Gasteiger charge is 2.36. The highest BCUT2D eigenvalue weighted by Crippen LogP contribution is 2.14. The molecule has 27 heavy (non-hydrogen) atoms. The third-order valence-corrected chi connectivity index (χ3v) is 5.00. The van der Waals surface area contributed by atoms with Gasteiger partial charge < -0.3 is 15.0 Å². The molecule has 0 aliphatic carbocycles. The maximum atomic E-state index is 13.6. The van der Waals surface area contributed by atoms with Crippen LogP contribution in [0.2, 0.25) is 0 Å². The van der Waals surface area contributed by atoms with Crippen LogP contribution in [0.3, 0.4) is 0 Å². The van der Waals surface area contributed by atoms with Crippen molar-refractivity contribution >= 4 is 11.9 Å². The standard InChI is InChI=1S/C21H23FN2O3/c1-27-21(26)19-12-16-7-2-3-8-17(16)13-24(19)14-20(25)23-11-10-15-6-4-5-9-18(15)22/h2-9,19H,10-14H2,1H3,(H,23,25)/p+1/t19-/m0/s1. The molecule has 6 heteroatoms. The molecule has 142 valence electrons. The molecule has 0 spiro atoms. The number of rotatable bonds is 6. The number of esters is 1. The minimum atomic E-state index is -0.401. The second-order valence-corrected chi connectivity index (χ2v) is 6.75. The second-order valence-electron chi connectivity index (χ2n) is 6.75. The van der Waals surface area contributed by atoms with E-state index in [0.29, 0.717) is 31.5 Å². The summed E-state index contributed by atoms with van der Waals surface area (Å²) in [5, 5.41) is 2.83. The number of benzene rings is 2. The topological polar surface area (TPSA) is 59.8 Å². The van der Waals surface area contributed by atoms with Crippen LogP contribution >= 0.6 is 0 Å². The Morgan fingerprint density at radius 1 is 1.15 bits per heavy atom. The van der Waals surface area contributed by atoms with Gasteiger partial charge in [0, 0.05) is 18.5 Å². The Hall–Kier alpha value is -2.73. The molecule has 5 nitrogen and oxygen atoms in total. The van der Waals surface area contributed by atoms with Crippen molar-refractivity contribution in [3.63, 3.8) is 0 Å². The van der Waals surface area contributed by atoms with Crippen molar-refractivity contribution < 1.29 is 23.6 Å². The van der Waals surface area contributed by atoms with Crippen molar-refractivity contribution in [1.82, 2.24) is 5.32 Å². The summed E-state index contributed by atoms with van der Waals surface area (Å²) in [5.41, 5.74) is 2.84.